The predicted molar refractivity (Wildman–Crippen MR) is 68.5 cm³/mol. The van der Waals surface area contributed by atoms with Gasteiger partial charge < -0.3 is 4.74 Å². The van der Waals surface area contributed by atoms with Crippen LogP contribution in [0.2, 0.25) is 0 Å². The second-order valence-electron chi connectivity index (χ2n) is 3.79. The molecule has 0 N–H and O–H groups in total. The molecule has 2 amide bonds. The van der Waals surface area contributed by atoms with Gasteiger partial charge in [-0.3, -0.25) is 9.59 Å². The van der Waals surface area contributed by atoms with Crippen LogP contribution in [0.5, 0.6) is 5.06 Å². The molecular weight excluding hydrogens is 250 g/mol. The van der Waals surface area contributed by atoms with Crippen LogP contribution in [0.1, 0.15) is 20.0 Å². The number of anilines is 1. The molecule has 0 atom stereocenters. The van der Waals surface area contributed by atoms with E-state index in [9.17, 15) is 9.59 Å². The third kappa shape index (κ3) is 1.44. The summed E-state index contributed by atoms with van der Waals surface area (Å²) in [6.45, 7) is 0. The highest BCUT2D eigenvalue weighted by molar-refractivity contribution is 7.16. The molecule has 5 heteroatoms. The van der Waals surface area contributed by atoms with Crippen molar-refractivity contribution in [3.8, 4) is 5.06 Å². The molecule has 0 radical (unpaired) electrons. The van der Waals surface area contributed by atoms with Crippen molar-refractivity contribution >= 4 is 28.8 Å². The van der Waals surface area contributed by atoms with Gasteiger partial charge in [0.25, 0.3) is 11.8 Å². The lowest BCUT2D eigenvalue weighted by molar-refractivity contribution is 0.0927. The van der Waals surface area contributed by atoms with E-state index < -0.39 is 0 Å². The normalized spacial score (nSPS) is 13.9. The molecule has 1 aromatic carbocycles. The molecule has 2 aromatic rings. The van der Waals surface area contributed by atoms with Gasteiger partial charge in [-0.1, -0.05) is 29.5 Å². The maximum Gasteiger partial charge on any atom is 0.276 e. The number of ether oxygens (including phenoxy) is 1. The third-order valence-electron chi connectivity index (χ3n) is 2.76. The van der Waals surface area contributed by atoms with Gasteiger partial charge >= 0.3 is 0 Å². The fourth-order valence-electron chi connectivity index (χ4n) is 1.91. The van der Waals surface area contributed by atoms with E-state index in [0.29, 0.717) is 21.2 Å². The summed E-state index contributed by atoms with van der Waals surface area (Å²) < 4.78 is 5.04. The van der Waals surface area contributed by atoms with Gasteiger partial charge in [0.1, 0.15) is 4.88 Å². The topological polar surface area (TPSA) is 46.6 Å². The number of amides is 2. The largest absolute Gasteiger partial charge is 0.487 e. The lowest BCUT2D eigenvalue weighted by Gasteiger charge is -2.13. The molecule has 0 bridgehead atoms. The summed E-state index contributed by atoms with van der Waals surface area (Å²) in [5, 5.41) is 0.578. The van der Waals surface area contributed by atoms with Crippen LogP contribution in [0.15, 0.2) is 36.4 Å². The zero-order valence-electron chi connectivity index (χ0n) is 9.54. The molecule has 2 heterocycles. The van der Waals surface area contributed by atoms with Crippen molar-refractivity contribution in [2.75, 3.05) is 12.0 Å². The first-order valence-corrected chi connectivity index (χ1v) is 6.15. The molecule has 0 saturated heterocycles. The van der Waals surface area contributed by atoms with Crippen LogP contribution in [0.25, 0.3) is 0 Å². The van der Waals surface area contributed by atoms with Crippen molar-refractivity contribution in [1.82, 2.24) is 0 Å². The first kappa shape index (κ1) is 11.0. The quantitative estimate of drug-likeness (QED) is 0.779. The van der Waals surface area contributed by atoms with E-state index in [1.165, 1.54) is 23.3 Å². The molecule has 4 nitrogen and oxygen atoms in total. The minimum atomic E-state index is -0.291. The highest BCUT2D eigenvalue weighted by atomic mass is 32.1. The minimum absolute atomic E-state index is 0.283. The second kappa shape index (κ2) is 3.96. The van der Waals surface area contributed by atoms with Crippen molar-refractivity contribution in [2.24, 2.45) is 0 Å². The van der Waals surface area contributed by atoms with Gasteiger partial charge in [-0.2, -0.15) is 0 Å². The number of rotatable bonds is 2. The second-order valence-corrected chi connectivity index (χ2v) is 4.81. The molecule has 90 valence electrons. The monoisotopic (exact) mass is 259 g/mol. The number of benzene rings is 1. The van der Waals surface area contributed by atoms with E-state index in [4.69, 9.17) is 4.74 Å². The average molecular weight is 259 g/mol. The van der Waals surface area contributed by atoms with Gasteiger partial charge in [0.05, 0.1) is 18.4 Å². The zero-order chi connectivity index (χ0) is 12.7. The number of carbonyl (C=O) groups excluding carboxylic acids is 2. The third-order valence-corrected chi connectivity index (χ3v) is 3.84. The predicted octanol–water partition coefficient (Wildman–Crippen LogP) is 2.56. The number of hydrogen-bond acceptors (Lipinski definition) is 4. The van der Waals surface area contributed by atoms with Crippen molar-refractivity contribution in [3.63, 3.8) is 0 Å². The lowest BCUT2D eigenvalue weighted by atomic mass is 10.3. The summed E-state index contributed by atoms with van der Waals surface area (Å²) in [5.41, 5.74) is 1.01. The Kier molecular flexibility index (Phi) is 2.41. The van der Waals surface area contributed by atoms with Crippen LogP contribution < -0.4 is 9.64 Å². The minimum Gasteiger partial charge on any atom is -0.487 e. The Morgan fingerprint density at radius 1 is 1.11 bits per heavy atom. The fraction of sp³-hybridized carbons (Fsp3) is 0.0769. The lowest BCUT2D eigenvalue weighted by Crippen LogP contribution is -2.29. The molecule has 0 aliphatic carbocycles. The van der Waals surface area contributed by atoms with Crippen LogP contribution in [0, 0.1) is 0 Å². The highest BCUT2D eigenvalue weighted by Crippen LogP contribution is 2.37. The molecule has 0 spiro atoms. The summed E-state index contributed by atoms with van der Waals surface area (Å²) in [7, 11) is 1.52. The molecular formula is C13H9NO3S. The molecule has 1 aliphatic rings. The summed E-state index contributed by atoms with van der Waals surface area (Å²) in [5.74, 6) is -0.574. The number of hydrogen-bond donors (Lipinski definition) is 0. The van der Waals surface area contributed by atoms with Crippen LogP contribution >= 0.6 is 11.3 Å². The fourth-order valence-corrected chi connectivity index (χ4v) is 2.81. The van der Waals surface area contributed by atoms with E-state index in [2.05, 4.69) is 0 Å². The number of para-hydroxylation sites is 1. The molecule has 3 rings (SSSR count). The Labute approximate surface area is 107 Å². The summed E-state index contributed by atoms with van der Waals surface area (Å²) >= 11 is 1.20. The van der Waals surface area contributed by atoms with E-state index in [1.807, 2.05) is 6.07 Å². The Bertz CT molecular complexity index is 599. The first-order chi connectivity index (χ1) is 8.72. The molecule has 1 aromatic heterocycles. The number of fused-ring (bicyclic) bond motifs is 1. The number of imide groups is 1. The van der Waals surface area contributed by atoms with Crippen molar-refractivity contribution < 1.29 is 14.3 Å². The van der Waals surface area contributed by atoms with E-state index in [1.54, 1.807) is 30.3 Å². The van der Waals surface area contributed by atoms with E-state index in [-0.39, 0.29) is 11.8 Å². The Hall–Kier alpha value is -2.14. The Morgan fingerprint density at radius 2 is 1.83 bits per heavy atom. The van der Waals surface area contributed by atoms with Crippen LogP contribution in [0.3, 0.4) is 0 Å². The van der Waals surface area contributed by atoms with Gasteiger partial charge in [-0.15, -0.1) is 0 Å². The molecule has 0 unspecified atom stereocenters. The van der Waals surface area contributed by atoms with Gasteiger partial charge in [0, 0.05) is 6.07 Å². The molecule has 0 saturated carbocycles. The number of thiophene rings is 1. The van der Waals surface area contributed by atoms with Gasteiger partial charge in [-0.05, 0) is 12.1 Å². The summed E-state index contributed by atoms with van der Waals surface area (Å²) in [6.07, 6.45) is 0. The maximum absolute atomic E-state index is 12.2. The Morgan fingerprint density at radius 3 is 2.44 bits per heavy atom. The number of methoxy groups -OCH3 is 1. The van der Waals surface area contributed by atoms with Gasteiger partial charge in [0.15, 0.2) is 5.06 Å². The molecule has 18 heavy (non-hydrogen) atoms. The van der Waals surface area contributed by atoms with Crippen molar-refractivity contribution in [2.45, 2.75) is 0 Å². The first-order valence-electron chi connectivity index (χ1n) is 5.34. The van der Waals surface area contributed by atoms with Crippen LogP contribution in [-0.2, 0) is 0 Å². The van der Waals surface area contributed by atoms with Gasteiger partial charge in [0.2, 0.25) is 0 Å². The smallest absolute Gasteiger partial charge is 0.276 e. The van der Waals surface area contributed by atoms with E-state index in [0.717, 1.165) is 0 Å². The Balaban J connectivity index is 2.06. The highest BCUT2D eigenvalue weighted by Gasteiger charge is 2.39. The average Bonchev–Trinajstić information content (AvgIpc) is 2.92. The van der Waals surface area contributed by atoms with Crippen LogP contribution in [0.4, 0.5) is 5.69 Å². The summed E-state index contributed by atoms with van der Waals surface area (Å²) in [6, 6.07) is 10.5. The SMILES string of the molecule is COc1cc2c(s1)C(=O)N(c1ccccc1)C2=O. The zero-order valence-corrected chi connectivity index (χ0v) is 10.4. The summed E-state index contributed by atoms with van der Waals surface area (Å²) in [4.78, 5) is 26.0. The van der Waals surface area contributed by atoms with E-state index >= 15 is 0 Å². The maximum atomic E-state index is 12.2. The van der Waals surface area contributed by atoms with Crippen molar-refractivity contribution in [1.29, 1.82) is 0 Å². The number of nitrogens with zero attached hydrogens (tertiary/aromatic N) is 1. The molecule has 1 aliphatic heterocycles. The molecule has 0 fully saturated rings. The number of carbonyl (C=O) groups is 2. The standard InChI is InChI=1S/C13H9NO3S/c1-17-10-7-9-11(18-10)13(16)14(12(9)15)8-5-3-2-4-6-8/h2-7H,1H3. The van der Waals surface area contributed by atoms with Crippen LogP contribution in [-0.4, -0.2) is 18.9 Å². The van der Waals surface area contributed by atoms with Gasteiger partial charge in [-0.25, -0.2) is 4.90 Å². The van der Waals surface area contributed by atoms with Crippen molar-refractivity contribution in [3.05, 3.63) is 46.8 Å².